The first kappa shape index (κ1) is 18.9. The monoisotopic (exact) mass is 372 g/mol. The van der Waals surface area contributed by atoms with Gasteiger partial charge in [-0.2, -0.15) is 0 Å². The Morgan fingerprint density at radius 1 is 1.29 bits per heavy atom. The number of benzene rings is 1. The Morgan fingerprint density at radius 3 is 2.46 bits per heavy atom. The fourth-order valence-electron chi connectivity index (χ4n) is 2.33. The molecule has 2 rings (SSSR count). The molecule has 1 atom stereocenters. The molecule has 1 aromatic rings. The van der Waals surface area contributed by atoms with E-state index in [0.29, 0.717) is 12.2 Å². The van der Waals surface area contributed by atoms with Crippen molar-refractivity contribution in [2.75, 3.05) is 6.61 Å². The van der Waals surface area contributed by atoms with Crippen LogP contribution in [0.5, 0.6) is 5.75 Å². The summed E-state index contributed by atoms with van der Waals surface area (Å²) >= 11 is 11.9. The Labute approximate surface area is 152 Å². The smallest absolute Gasteiger partial charge is 0.276 e. The molecule has 0 spiro atoms. The lowest BCUT2D eigenvalue weighted by molar-refractivity contribution is -0.132. The highest BCUT2D eigenvalue weighted by atomic mass is 35.5. The van der Waals surface area contributed by atoms with Crippen LogP contribution in [-0.2, 0) is 9.59 Å². The molecule has 0 aromatic heterocycles. The van der Waals surface area contributed by atoms with Crippen molar-refractivity contribution in [2.24, 2.45) is 5.41 Å². The lowest BCUT2D eigenvalue weighted by Gasteiger charge is -2.16. The number of alkyl halides is 2. The third kappa shape index (κ3) is 3.95. The minimum atomic E-state index is -1.08. The predicted octanol–water partition coefficient (Wildman–Crippen LogP) is 3.23. The van der Waals surface area contributed by atoms with Gasteiger partial charge in [0.25, 0.3) is 5.91 Å². The third-order valence-electron chi connectivity index (χ3n) is 4.22. The van der Waals surface area contributed by atoms with Gasteiger partial charge in [-0.1, -0.05) is 26.0 Å². The van der Waals surface area contributed by atoms with E-state index in [9.17, 15) is 9.59 Å². The molecular formula is C17H22Cl2N2O3. The van der Waals surface area contributed by atoms with E-state index in [0.717, 1.165) is 11.1 Å². The van der Waals surface area contributed by atoms with E-state index >= 15 is 0 Å². The SMILES string of the molecule is Cc1ccc(C(C)C)c(OCC(=O)NNC(=O)C2(C)CC2(Cl)Cl)c1. The number of aryl methyl sites for hydroxylation is 1. The van der Waals surface area contributed by atoms with E-state index in [1.54, 1.807) is 6.92 Å². The Balaban J connectivity index is 1.86. The molecule has 132 valence electrons. The van der Waals surface area contributed by atoms with Gasteiger partial charge in [-0.25, -0.2) is 0 Å². The van der Waals surface area contributed by atoms with Crippen LogP contribution < -0.4 is 15.6 Å². The Bertz CT molecular complexity index is 661. The number of halogens is 2. The van der Waals surface area contributed by atoms with E-state index in [4.69, 9.17) is 27.9 Å². The first-order chi connectivity index (χ1) is 11.1. The second kappa shape index (κ2) is 6.81. The van der Waals surface area contributed by atoms with Gasteiger partial charge in [0.05, 0.1) is 5.41 Å². The summed E-state index contributed by atoms with van der Waals surface area (Å²) in [4.78, 5) is 23.9. The standard InChI is InChI=1S/C17H22Cl2N2O3/c1-10(2)12-6-5-11(3)7-13(12)24-8-14(22)20-21-15(23)16(4)9-17(16,18)19/h5-7,10H,8-9H2,1-4H3,(H,20,22)(H,21,23). The number of hydrazine groups is 1. The van der Waals surface area contributed by atoms with E-state index in [1.165, 1.54) is 0 Å². The maximum Gasteiger partial charge on any atom is 0.276 e. The van der Waals surface area contributed by atoms with Crippen molar-refractivity contribution in [2.45, 2.75) is 44.4 Å². The minimum Gasteiger partial charge on any atom is -0.483 e. The van der Waals surface area contributed by atoms with Crippen molar-refractivity contribution < 1.29 is 14.3 Å². The van der Waals surface area contributed by atoms with Gasteiger partial charge >= 0.3 is 0 Å². The lowest BCUT2D eigenvalue weighted by atomic mass is 10.0. The molecule has 1 aromatic carbocycles. The summed E-state index contributed by atoms with van der Waals surface area (Å²) in [6, 6.07) is 5.88. The van der Waals surface area contributed by atoms with E-state index in [2.05, 4.69) is 24.7 Å². The highest BCUT2D eigenvalue weighted by Crippen LogP contribution is 2.63. The quantitative estimate of drug-likeness (QED) is 0.615. The summed E-state index contributed by atoms with van der Waals surface area (Å²) in [7, 11) is 0. The number of hydrogen-bond acceptors (Lipinski definition) is 3. The summed E-state index contributed by atoms with van der Waals surface area (Å²) in [5.74, 6) is 0.0674. The van der Waals surface area contributed by atoms with Crippen LogP contribution in [0, 0.1) is 12.3 Å². The number of nitrogens with one attached hydrogen (secondary N) is 2. The average molecular weight is 373 g/mol. The van der Waals surface area contributed by atoms with Gasteiger partial charge in [-0.05, 0) is 43.4 Å². The zero-order valence-corrected chi connectivity index (χ0v) is 15.7. The van der Waals surface area contributed by atoms with Crippen molar-refractivity contribution in [3.8, 4) is 5.75 Å². The molecule has 1 aliphatic rings. The molecule has 2 amide bonds. The molecule has 7 heteroatoms. The number of ether oxygens (including phenoxy) is 1. The molecule has 0 radical (unpaired) electrons. The van der Waals surface area contributed by atoms with Gasteiger partial charge in [0.1, 0.15) is 10.1 Å². The van der Waals surface area contributed by atoms with Crippen molar-refractivity contribution in [3.63, 3.8) is 0 Å². The van der Waals surface area contributed by atoms with Gasteiger partial charge in [0, 0.05) is 0 Å². The van der Waals surface area contributed by atoms with Crippen LogP contribution >= 0.6 is 23.2 Å². The van der Waals surface area contributed by atoms with Crippen molar-refractivity contribution in [1.29, 1.82) is 0 Å². The summed E-state index contributed by atoms with van der Waals surface area (Å²) in [5.41, 5.74) is 5.85. The molecule has 2 N–H and O–H groups in total. The molecule has 5 nitrogen and oxygen atoms in total. The van der Waals surface area contributed by atoms with Gasteiger partial charge < -0.3 is 4.74 Å². The molecule has 0 bridgehead atoms. The van der Waals surface area contributed by atoms with Crippen LogP contribution in [0.1, 0.15) is 44.2 Å². The van der Waals surface area contributed by atoms with Crippen LogP contribution in [0.25, 0.3) is 0 Å². The lowest BCUT2D eigenvalue weighted by Crippen LogP contribution is -2.47. The maximum atomic E-state index is 12.0. The number of carbonyl (C=O) groups excluding carboxylic acids is 2. The molecule has 0 saturated heterocycles. The highest BCUT2D eigenvalue weighted by Gasteiger charge is 2.68. The summed E-state index contributed by atoms with van der Waals surface area (Å²) < 4.78 is 4.52. The Morgan fingerprint density at radius 2 is 1.92 bits per heavy atom. The van der Waals surface area contributed by atoms with Gasteiger partial charge in [-0.15, -0.1) is 23.2 Å². The van der Waals surface area contributed by atoms with E-state index in [1.807, 2.05) is 25.1 Å². The van der Waals surface area contributed by atoms with Crippen LogP contribution in [-0.4, -0.2) is 22.8 Å². The minimum absolute atomic E-state index is 0.201. The maximum absolute atomic E-state index is 12.0. The van der Waals surface area contributed by atoms with Crippen molar-refractivity contribution >= 4 is 35.0 Å². The second-order valence-electron chi connectivity index (χ2n) is 6.70. The third-order valence-corrected chi connectivity index (χ3v) is 5.33. The van der Waals surface area contributed by atoms with Crippen molar-refractivity contribution in [1.82, 2.24) is 10.9 Å². The largest absolute Gasteiger partial charge is 0.483 e. The number of rotatable bonds is 5. The molecule has 0 aliphatic heterocycles. The molecule has 1 unspecified atom stereocenters. The number of carbonyl (C=O) groups is 2. The van der Waals surface area contributed by atoms with E-state index in [-0.39, 0.29) is 12.5 Å². The normalized spacial score (nSPS) is 21.3. The summed E-state index contributed by atoms with van der Waals surface area (Å²) in [6.07, 6.45) is 0.350. The molecule has 1 fully saturated rings. The second-order valence-corrected chi connectivity index (χ2v) is 8.18. The number of amides is 2. The first-order valence-corrected chi connectivity index (χ1v) is 8.53. The Kier molecular flexibility index (Phi) is 5.35. The van der Waals surface area contributed by atoms with E-state index < -0.39 is 21.6 Å². The van der Waals surface area contributed by atoms with Crippen molar-refractivity contribution in [3.05, 3.63) is 29.3 Å². The fourth-order valence-corrected chi connectivity index (χ4v) is 3.04. The molecule has 0 heterocycles. The predicted molar refractivity (Wildman–Crippen MR) is 94.2 cm³/mol. The van der Waals surface area contributed by atoms with Crippen LogP contribution in [0.4, 0.5) is 0 Å². The molecule has 24 heavy (non-hydrogen) atoms. The van der Waals surface area contributed by atoms with Crippen LogP contribution in [0.3, 0.4) is 0 Å². The van der Waals surface area contributed by atoms with Gasteiger partial charge in [-0.3, -0.25) is 20.4 Å². The zero-order valence-electron chi connectivity index (χ0n) is 14.2. The molecule has 1 aliphatic carbocycles. The fraction of sp³-hybridized carbons (Fsp3) is 0.529. The topological polar surface area (TPSA) is 67.4 Å². The summed E-state index contributed by atoms with van der Waals surface area (Å²) in [5, 5.41) is 0. The first-order valence-electron chi connectivity index (χ1n) is 7.77. The van der Waals surface area contributed by atoms with Crippen LogP contribution in [0.15, 0.2) is 18.2 Å². The Hall–Kier alpha value is -1.46. The number of hydrogen-bond donors (Lipinski definition) is 2. The molecule has 1 saturated carbocycles. The highest BCUT2D eigenvalue weighted by molar-refractivity contribution is 6.53. The molecular weight excluding hydrogens is 351 g/mol. The zero-order chi connectivity index (χ0) is 18.1. The van der Waals surface area contributed by atoms with Gasteiger partial charge in [0.2, 0.25) is 5.91 Å². The average Bonchev–Trinajstić information content (AvgIpc) is 3.02. The van der Waals surface area contributed by atoms with Crippen LogP contribution in [0.2, 0.25) is 0 Å². The summed E-state index contributed by atoms with van der Waals surface area (Å²) in [6.45, 7) is 7.51. The van der Waals surface area contributed by atoms with Gasteiger partial charge in [0.15, 0.2) is 6.61 Å².